The van der Waals surface area contributed by atoms with Crippen LogP contribution in [0.3, 0.4) is 0 Å². The number of hydrogen-bond donors (Lipinski definition) is 0. The normalized spacial score (nSPS) is 20.2. The van der Waals surface area contributed by atoms with Crippen LogP contribution in [0.4, 0.5) is 0 Å². The van der Waals surface area contributed by atoms with Crippen LogP contribution in [0.25, 0.3) is 0 Å². The zero-order chi connectivity index (χ0) is 12.1. The van der Waals surface area contributed by atoms with Crippen molar-refractivity contribution in [1.29, 1.82) is 0 Å². The van der Waals surface area contributed by atoms with Gasteiger partial charge in [0, 0.05) is 5.41 Å². The summed E-state index contributed by atoms with van der Waals surface area (Å²) in [7, 11) is 0. The third-order valence-electron chi connectivity index (χ3n) is 4.17. The van der Waals surface area contributed by atoms with Gasteiger partial charge in [-0.2, -0.15) is 0 Å². The maximum absolute atomic E-state index is 4.36. The molecule has 0 radical (unpaired) electrons. The van der Waals surface area contributed by atoms with Crippen LogP contribution >= 0.6 is 0 Å². The minimum absolute atomic E-state index is 0.0672. The maximum Gasteiger partial charge on any atom is 0.0660 e. The van der Waals surface area contributed by atoms with E-state index in [0.29, 0.717) is 0 Å². The summed E-state index contributed by atoms with van der Waals surface area (Å²) in [6.45, 7) is 18.5. The van der Waals surface area contributed by atoms with E-state index in [-0.39, 0.29) is 11.0 Å². The van der Waals surface area contributed by atoms with Gasteiger partial charge in [0.15, 0.2) is 0 Å². The molecule has 0 spiro atoms. The van der Waals surface area contributed by atoms with E-state index >= 15 is 0 Å². The minimum Gasteiger partial charge on any atom is -0.294 e. The van der Waals surface area contributed by atoms with E-state index in [2.05, 4.69) is 59.0 Å². The maximum atomic E-state index is 4.36. The molecule has 0 aromatic carbocycles. The van der Waals surface area contributed by atoms with Crippen molar-refractivity contribution in [1.82, 2.24) is 0 Å². The van der Waals surface area contributed by atoms with Gasteiger partial charge in [-0.1, -0.05) is 45.1 Å². The minimum atomic E-state index is -0.0919. The lowest BCUT2D eigenvalue weighted by molar-refractivity contribution is 0.195. The average molecular weight is 207 g/mol. The number of aliphatic imine (C=N–C) groups is 1. The summed E-state index contributed by atoms with van der Waals surface area (Å²) < 4.78 is 0. The van der Waals surface area contributed by atoms with Crippen LogP contribution in [0.5, 0.6) is 0 Å². The molecule has 0 bridgehead atoms. The van der Waals surface area contributed by atoms with Crippen LogP contribution in [0.1, 0.15) is 47.5 Å². The zero-order valence-corrected chi connectivity index (χ0v) is 10.9. The fourth-order valence-electron chi connectivity index (χ4n) is 2.12. The van der Waals surface area contributed by atoms with E-state index in [1.807, 2.05) is 6.08 Å². The molecule has 0 aliphatic rings. The quantitative estimate of drug-likeness (QED) is 0.452. The van der Waals surface area contributed by atoms with Crippen molar-refractivity contribution in [3.63, 3.8) is 0 Å². The van der Waals surface area contributed by atoms with Gasteiger partial charge >= 0.3 is 0 Å². The predicted molar refractivity (Wildman–Crippen MR) is 70.6 cm³/mol. The number of allylic oxidation sites excluding steroid dienone is 2. The highest BCUT2D eigenvalue weighted by molar-refractivity contribution is 5.30. The second-order valence-electron chi connectivity index (χ2n) is 4.56. The van der Waals surface area contributed by atoms with Crippen LogP contribution in [-0.4, -0.2) is 12.3 Å². The second kappa shape index (κ2) is 5.29. The van der Waals surface area contributed by atoms with Crippen LogP contribution in [-0.2, 0) is 0 Å². The predicted octanol–water partition coefficient (Wildman–Crippen LogP) is 4.40. The third-order valence-corrected chi connectivity index (χ3v) is 4.17. The van der Waals surface area contributed by atoms with Crippen molar-refractivity contribution in [2.75, 3.05) is 0 Å². The molecule has 1 nitrogen and oxygen atoms in total. The highest BCUT2D eigenvalue weighted by Gasteiger charge is 2.42. The van der Waals surface area contributed by atoms with Gasteiger partial charge in [0.1, 0.15) is 0 Å². The molecule has 0 rings (SSSR count). The number of rotatable bonds is 6. The molecule has 0 saturated heterocycles. The molecule has 0 aromatic rings. The summed E-state index contributed by atoms with van der Waals surface area (Å²) in [6.07, 6.45) is 6.00. The first kappa shape index (κ1) is 14.2. The monoisotopic (exact) mass is 207 g/mol. The van der Waals surface area contributed by atoms with Crippen LogP contribution < -0.4 is 0 Å². The lowest BCUT2D eigenvalue weighted by atomic mass is 9.64. The summed E-state index contributed by atoms with van der Waals surface area (Å²) in [5.74, 6) is 0. The Morgan fingerprint density at radius 2 is 1.80 bits per heavy atom. The molecule has 86 valence electrons. The molecule has 2 unspecified atom stereocenters. The molecule has 0 heterocycles. The van der Waals surface area contributed by atoms with E-state index in [1.54, 1.807) is 0 Å². The first-order chi connectivity index (χ1) is 6.91. The smallest absolute Gasteiger partial charge is 0.0660 e. The topological polar surface area (TPSA) is 12.4 Å². The molecule has 0 fully saturated rings. The summed E-state index contributed by atoms with van der Waals surface area (Å²) in [5.41, 5.74) is 1.31. The van der Waals surface area contributed by atoms with Gasteiger partial charge in [0.05, 0.1) is 5.54 Å². The van der Waals surface area contributed by atoms with Gasteiger partial charge in [-0.25, -0.2) is 0 Å². The Morgan fingerprint density at radius 3 is 2.07 bits per heavy atom. The molecule has 0 aliphatic carbocycles. The van der Waals surface area contributed by atoms with Crippen LogP contribution in [0.15, 0.2) is 29.3 Å². The van der Waals surface area contributed by atoms with Crippen molar-refractivity contribution in [3.05, 3.63) is 24.3 Å². The average Bonchev–Trinajstić information content (AvgIpc) is 2.26. The third kappa shape index (κ3) is 2.39. The van der Waals surface area contributed by atoms with E-state index in [9.17, 15) is 0 Å². The molecule has 0 aromatic heterocycles. The van der Waals surface area contributed by atoms with Crippen LogP contribution in [0.2, 0.25) is 0 Å². The number of hydrogen-bond acceptors (Lipinski definition) is 1. The Bertz CT molecular complexity index is 265. The molecule has 15 heavy (non-hydrogen) atoms. The van der Waals surface area contributed by atoms with Gasteiger partial charge < -0.3 is 0 Å². The van der Waals surface area contributed by atoms with Crippen molar-refractivity contribution in [2.45, 2.75) is 53.0 Å². The Balaban J connectivity index is 5.42. The molecule has 0 saturated carbocycles. The molecule has 1 heteroatoms. The Morgan fingerprint density at radius 1 is 1.27 bits per heavy atom. The standard InChI is InChI=1S/C14H25N/c1-8-11-12(4)13(5,9-2)14(6,10-3)15-7/h8,11H,1,7,9-10H2,2-6H3/b12-11+. The van der Waals surface area contributed by atoms with Crippen molar-refractivity contribution in [3.8, 4) is 0 Å². The fourth-order valence-corrected chi connectivity index (χ4v) is 2.12. The summed E-state index contributed by atoms with van der Waals surface area (Å²) in [6, 6.07) is 0. The Hall–Kier alpha value is -0.850. The summed E-state index contributed by atoms with van der Waals surface area (Å²) in [4.78, 5) is 4.36. The molecule has 0 amide bonds. The SMILES string of the molecule is C=C/C=C(\C)C(C)(CC)C(C)(CC)N=C. The number of nitrogens with zero attached hydrogens (tertiary/aromatic N) is 1. The van der Waals surface area contributed by atoms with Gasteiger partial charge in [0.2, 0.25) is 0 Å². The molecular weight excluding hydrogens is 182 g/mol. The van der Waals surface area contributed by atoms with Crippen LogP contribution in [0, 0.1) is 5.41 Å². The lowest BCUT2D eigenvalue weighted by Crippen LogP contribution is -2.42. The molecule has 0 N–H and O–H groups in total. The highest BCUT2D eigenvalue weighted by Crippen LogP contribution is 2.45. The summed E-state index contributed by atoms with van der Waals surface area (Å²) in [5, 5.41) is 0. The lowest BCUT2D eigenvalue weighted by Gasteiger charge is -2.44. The first-order valence-corrected chi connectivity index (χ1v) is 5.69. The van der Waals surface area contributed by atoms with Gasteiger partial charge in [-0.15, -0.1) is 0 Å². The van der Waals surface area contributed by atoms with Crippen molar-refractivity contribution < 1.29 is 0 Å². The second-order valence-corrected chi connectivity index (χ2v) is 4.56. The first-order valence-electron chi connectivity index (χ1n) is 5.69. The molecular formula is C14H25N. The Labute approximate surface area is 95.0 Å². The summed E-state index contributed by atoms with van der Waals surface area (Å²) >= 11 is 0. The van der Waals surface area contributed by atoms with E-state index < -0.39 is 0 Å². The molecule has 2 atom stereocenters. The van der Waals surface area contributed by atoms with Crippen molar-refractivity contribution in [2.24, 2.45) is 10.4 Å². The van der Waals surface area contributed by atoms with E-state index in [4.69, 9.17) is 0 Å². The zero-order valence-electron chi connectivity index (χ0n) is 10.9. The molecule has 0 aliphatic heterocycles. The highest BCUT2D eigenvalue weighted by atomic mass is 14.9. The fraction of sp³-hybridized carbons (Fsp3) is 0.643. The Kier molecular flexibility index (Phi) is 4.99. The van der Waals surface area contributed by atoms with E-state index in [0.717, 1.165) is 12.8 Å². The van der Waals surface area contributed by atoms with Gasteiger partial charge in [-0.05, 0) is 33.4 Å². The van der Waals surface area contributed by atoms with Crippen molar-refractivity contribution >= 4 is 6.72 Å². The van der Waals surface area contributed by atoms with E-state index in [1.165, 1.54) is 5.57 Å². The van der Waals surface area contributed by atoms with Gasteiger partial charge in [-0.3, -0.25) is 4.99 Å². The van der Waals surface area contributed by atoms with Gasteiger partial charge in [0.25, 0.3) is 0 Å². The largest absolute Gasteiger partial charge is 0.294 e.